The van der Waals surface area contributed by atoms with E-state index in [2.05, 4.69) is 5.32 Å². The van der Waals surface area contributed by atoms with Crippen LogP contribution in [0.5, 0.6) is 5.75 Å². The fourth-order valence-electron chi connectivity index (χ4n) is 2.82. The first-order valence-electron chi connectivity index (χ1n) is 8.26. The normalized spacial score (nSPS) is 15.5. The lowest BCUT2D eigenvalue weighted by Crippen LogP contribution is -2.51. The molecule has 0 unspecified atom stereocenters. The van der Waals surface area contributed by atoms with Gasteiger partial charge in [0.1, 0.15) is 5.75 Å². The maximum atomic E-state index is 12.7. The van der Waals surface area contributed by atoms with Crippen LogP contribution in [0.2, 0.25) is 0 Å². The summed E-state index contributed by atoms with van der Waals surface area (Å²) in [6.07, 6.45) is 0. The zero-order chi connectivity index (χ0) is 18.6. The predicted molar refractivity (Wildman–Crippen MR) is 106 cm³/mol. The highest BCUT2D eigenvalue weighted by atomic mass is 32.2. The van der Waals surface area contributed by atoms with Gasteiger partial charge < -0.3 is 15.0 Å². The van der Waals surface area contributed by atoms with Gasteiger partial charge in [0.2, 0.25) is 10.0 Å². The van der Waals surface area contributed by atoms with Crippen LogP contribution in [-0.4, -0.2) is 56.0 Å². The maximum absolute atomic E-state index is 12.7. The molecular weight excluding hydrogens is 370 g/mol. The summed E-state index contributed by atoms with van der Waals surface area (Å²) >= 11 is 5.48. The van der Waals surface area contributed by atoms with Gasteiger partial charge in [-0.1, -0.05) is 30.3 Å². The molecule has 0 aliphatic carbocycles. The van der Waals surface area contributed by atoms with Gasteiger partial charge in [0.05, 0.1) is 17.7 Å². The van der Waals surface area contributed by atoms with Crippen molar-refractivity contribution >= 4 is 33.0 Å². The van der Waals surface area contributed by atoms with Crippen LogP contribution < -0.4 is 10.1 Å². The Balaban J connectivity index is 1.62. The molecule has 138 valence electrons. The molecule has 3 rings (SSSR count). The molecule has 2 aromatic carbocycles. The van der Waals surface area contributed by atoms with E-state index in [1.807, 2.05) is 29.2 Å². The van der Waals surface area contributed by atoms with Crippen molar-refractivity contribution in [2.75, 3.05) is 38.6 Å². The zero-order valence-corrected chi connectivity index (χ0v) is 16.1. The third-order valence-electron chi connectivity index (χ3n) is 4.26. The van der Waals surface area contributed by atoms with Crippen molar-refractivity contribution in [3.8, 4) is 5.75 Å². The van der Waals surface area contributed by atoms with Gasteiger partial charge in [-0.2, -0.15) is 4.31 Å². The average Bonchev–Trinajstić information content (AvgIpc) is 2.69. The minimum Gasteiger partial charge on any atom is -0.495 e. The molecule has 2 aromatic rings. The summed E-state index contributed by atoms with van der Waals surface area (Å²) in [6.45, 7) is 1.86. The summed E-state index contributed by atoms with van der Waals surface area (Å²) in [6, 6.07) is 16.0. The number of hydrogen-bond donors (Lipinski definition) is 1. The molecule has 0 saturated carbocycles. The van der Waals surface area contributed by atoms with Gasteiger partial charge in [0, 0.05) is 26.2 Å². The Hall–Kier alpha value is -2.16. The smallest absolute Gasteiger partial charge is 0.243 e. The molecular formula is C18H21N3O3S2. The summed E-state index contributed by atoms with van der Waals surface area (Å²) in [4.78, 5) is 2.29. The Morgan fingerprint density at radius 1 is 1.00 bits per heavy atom. The van der Waals surface area contributed by atoms with E-state index in [0.29, 0.717) is 41.9 Å². The third kappa shape index (κ3) is 3.98. The summed E-state index contributed by atoms with van der Waals surface area (Å²) in [5, 5.41) is 3.74. The Bertz CT molecular complexity index is 864. The molecule has 0 radical (unpaired) electrons. The monoisotopic (exact) mass is 391 g/mol. The van der Waals surface area contributed by atoms with Gasteiger partial charge in [-0.15, -0.1) is 0 Å². The van der Waals surface area contributed by atoms with E-state index < -0.39 is 10.0 Å². The van der Waals surface area contributed by atoms with Crippen molar-refractivity contribution in [2.45, 2.75) is 4.90 Å². The number of benzene rings is 2. The molecule has 1 aliphatic rings. The molecule has 0 atom stereocenters. The lowest BCUT2D eigenvalue weighted by atomic mass is 10.3. The van der Waals surface area contributed by atoms with Crippen LogP contribution in [0.25, 0.3) is 0 Å². The third-order valence-corrected chi connectivity index (χ3v) is 6.53. The maximum Gasteiger partial charge on any atom is 0.243 e. The van der Waals surface area contributed by atoms with Crippen LogP contribution in [0.1, 0.15) is 0 Å². The van der Waals surface area contributed by atoms with E-state index in [9.17, 15) is 8.42 Å². The number of nitrogens with zero attached hydrogens (tertiary/aromatic N) is 2. The predicted octanol–water partition coefficient (Wildman–Crippen LogP) is 2.40. The molecule has 1 heterocycles. The summed E-state index contributed by atoms with van der Waals surface area (Å²) in [5.74, 6) is 0.708. The topological polar surface area (TPSA) is 61.9 Å². The number of hydrogen-bond acceptors (Lipinski definition) is 4. The summed E-state index contributed by atoms with van der Waals surface area (Å²) < 4.78 is 32.2. The molecule has 1 saturated heterocycles. The second-order valence-electron chi connectivity index (χ2n) is 5.83. The van der Waals surface area contributed by atoms with E-state index in [0.717, 1.165) is 5.69 Å². The number of methoxy groups -OCH3 is 1. The van der Waals surface area contributed by atoms with E-state index in [-0.39, 0.29) is 0 Å². The minimum absolute atomic E-state index is 0.322. The molecule has 6 nitrogen and oxygen atoms in total. The van der Waals surface area contributed by atoms with Gasteiger partial charge in [0.15, 0.2) is 5.11 Å². The first kappa shape index (κ1) is 18.6. The second kappa shape index (κ2) is 8.03. The van der Waals surface area contributed by atoms with Crippen LogP contribution in [0.15, 0.2) is 59.5 Å². The molecule has 1 N–H and O–H groups in total. The molecule has 8 heteroatoms. The fraction of sp³-hybridized carbons (Fsp3) is 0.278. The van der Waals surface area contributed by atoms with Crippen LogP contribution in [-0.2, 0) is 10.0 Å². The highest BCUT2D eigenvalue weighted by Gasteiger charge is 2.29. The summed E-state index contributed by atoms with van der Waals surface area (Å²) in [5.41, 5.74) is 0.791. The van der Waals surface area contributed by atoms with Crippen LogP contribution in [0, 0.1) is 0 Å². The van der Waals surface area contributed by atoms with Crippen molar-refractivity contribution < 1.29 is 13.2 Å². The number of para-hydroxylation sites is 2. The number of nitrogens with one attached hydrogen (secondary N) is 1. The Labute approximate surface area is 159 Å². The number of sulfonamides is 1. The summed E-state index contributed by atoms with van der Waals surface area (Å²) in [7, 11) is -1.85. The molecule has 0 bridgehead atoms. The van der Waals surface area contributed by atoms with Gasteiger partial charge in [-0.25, -0.2) is 8.42 Å². The fourth-order valence-corrected chi connectivity index (χ4v) is 4.55. The standard InChI is InChI=1S/C18H21N3O3S2/c1-24-17-10-6-5-9-16(17)19-18(25)20-11-13-21(14-12-20)26(22,23)15-7-3-2-4-8-15/h2-10H,11-14H2,1H3,(H,19,25). The van der Waals surface area contributed by atoms with Crippen LogP contribution in [0.3, 0.4) is 0 Å². The first-order chi connectivity index (χ1) is 12.5. The van der Waals surface area contributed by atoms with Gasteiger partial charge >= 0.3 is 0 Å². The number of thiocarbonyl (C=S) groups is 1. The quantitative estimate of drug-likeness (QED) is 0.808. The van der Waals surface area contributed by atoms with Crippen LogP contribution in [0.4, 0.5) is 5.69 Å². The minimum atomic E-state index is -3.46. The van der Waals surface area contributed by atoms with Crippen molar-refractivity contribution in [1.82, 2.24) is 9.21 Å². The lowest BCUT2D eigenvalue weighted by Gasteiger charge is -2.35. The van der Waals surface area contributed by atoms with Crippen molar-refractivity contribution in [3.63, 3.8) is 0 Å². The highest BCUT2D eigenvalue weighted by Crippen LogP contribution is 2.24. The zero-order valence-electron chi connectivity index (χ0n) is 14.5. The van der Waals surface area contributed by atoms with Crippen molar-refractivity contribution in [3.05, 3.63) is 54.6 Å². The van der Waals surface area contributed by atoms with Gasteiger partial charge in [0.25, 0.3) is 0 Å². The largest absolute Gasteiger partial charge is 0.495 e. The Morgan fingerprint density at radius 3 is 2.27 bits per heavy atom. The molecule has 1 fully saturated rings. The van der Waals surface area contributed by atoms with E-state index in [1.165, 1.54) is 4.31 Å². The molecule has 0 aromatic heterocycles. The van der Waals surface area contributed by atoms with Gasteiger partial charge in [-0.05, 0) is 36.5 Å². The number of piperazine rings is 1. The number of ether oxygens (including phenoxy) is 1. The number of rotatable bonds is 4. The number of anilines is 1. The lowest BCUT2D eigenvalue weighted by molar-refractivity contribution is 0.268. The average molecular weight is 392 g/mol. The molecule has 0 spiro atoms. The Morgan fingerprint density at radius 2 is 1.62 bits per heavy atom. The van der Waals surface area contributed by atoms with Crippen LogP contribution >= 0.6 is 12.2 Å². The molecule has 26 heavy (non-hydrogen) atoms. The Kier molecular flexibility index (Phi) is 5.75. The van der Waals surface area contributed by atoms with Crippen molar-refractivity contribution in [2.24, 2.45) is 0 Å². The van der Waals surface area contributed by atoms with E-state index in [1.54, 1.807) is 37.4 Å². The van der Waals surface area contributed by atoms with Gasteiger partial charge in [-0.3, -0.25) is 0 Å². The molecule has 0 amide bonds. The van der Waals surface area contributed by atoms with E-state index >= 15 is 0 Å². The first-order valence-corrected chi connectivity index (χ1v) is 10.1. The SMILES string of the molecule is COc1ccccc1NC(=S)N1CCN(S(=O)(=O)c2ccccc2)CC1. The van der Waals surface area contributed by atoms with Crippen molar-refractivity contribution in [1.29, 1.82) is 0 Å². The second-order valence-corrected chi connectivity index (χ2v) is 8.16. The molecule has 1 aliphatic heterocycles. The van der Waals surface area contributed by atoms with E-state index in [4.69, 9.17) is 17.0 Å². The highest BCUT2D eigenvalue weighted by molar-refractivity contribution is 7.89.